The van der Waals surface area contributed by atoms with Crippen molar-refractivity contribution >= 4 is 10.9 Å². The Hall–Kier alpha value is -3.06. The molecule has 0 spiro atoms. The molecule has 0 amide bonds. The molecule has 2 aromatic carbocycles. The molecular weight excluding hydrogens is 406 g/mol. The summed E-state index contributed by atoms with van der Waals surface area (Å²) in [5, 5.41) is 4.27. The molecule has 3 atom stereocenters. The Morgan fingerprint density at radius 1 is 1.09 bits per heavy atom. The van der Waals surface area contributed by atoms with Gasteiger partial charge in [-0.3, -0.25) is 9.36 Å². The molecule has 7 nitrogen and oxygen atoms in total. The molecule has 1 unspecified atom stereocenters. The van der Waals surface area contributed by atoms with Crippen molar-refractivity contribution in [3.05, 3.63) is 58.1 Å². The number of methoxy groups -OCH3 is 3. The van der Waals surface area contributed by atoms with Crippen LogP contribution in [0, 0.1) is 5.92 Å². The number of ether oxygens (including phenoxy) is 3. The minimum Gasteiger partial charge on any atom is -0.496 e. The maximum Gasteiger partial charge on any atom is 0.261 e. The molecule has 1 aliphatic carbocycles. The lowest BCUT2D eigenvalue weighted by Crippen LogP contribution is -2.32. The number of rotatable bonds is 6. The van der Waals surface area contributed by atoms with Crippen LogP contribution in [0.15, 0.2) is 41.5 Å². The van der Waals surface area contributed by atoms with E-state index in [2.05, 4.69) is 28.5 Å². The Kier molecular flexibility index (Phi) is 5.51. The number of fused-ring (bicyclic) bond motifs is 4. The summed E-state index contributed by atoms with van der Waals surface area (Å²) in [6.45, 7) is 1.60. The van der Waals surface area contributed by atoms with Gasteiger partial charge in [0.25, 0.3) is 5.56 Å². The molecule has 3 aromatic rings. The zero-order valence-electron chi connectivity index (χ0n) is 18.8. The lowest BCUT2D eigenvalue weighted by molar-refractivity contribution is 0.338. The maximum absolute atomic E-state index is 13.1. The highest BCUT2D eigenvalue weighted by atomic mass is 16.5. The van der Waals surface area contributed by atoms with Crippen LogP contribution in [0.4, 0.5) is 0 Å². The maximum atomic E-state index is 13.1. The molecule has 32 heavy (non-hydrogen) atoms. The fourth-order valence-corrected chi connectivity index (χ4v) is 5.54. The second kappa shape index (κ2) is 8.47. The summed E-state index contributed by atoms with van der Waals surface area (Å²) in [7, 11) is 4.89. The average Bonchev–Trinajstić information content (AvgIpc) is 3.26. The van der Waals surface area contributed by atoms with Crippen molar-refractivity contribution in [2.45, 2.75) is 37.8 Å². The van der Waals surface area contributed by atoms with Gasteiger partial charge < -0.3 is 19.5 Å². The number of nitrogens with one attached hydrogen (secondary N) is 1. The highest BCUT2D eigenvalue weighted by Crippen LogP contribution is 2.44. The van der Waals surface area contributed by atoms with Crippen LogP contribution in [0.3, 0.4) is 0 Å². The van der Waals surface area contributed by atoms with E-state index in [9.17, 15) is 4.79 Å². The van der Waals surface area contributed by atoms with Crippen LogP contribution in [0.25, 0.3) is 10.9 Å². The van der Waals surface area contributed by atoms with Gasteiger partial charge in [0.05, 0.1) is 38.6 Å². The summed E-state index contributed by atoms with van der Waals surface area (Å²) >= 11 is 0. The number of benzene rings is 2. The van der Waals surface area contributed by atoms with E-state index in [1.165, 1.54) is 11.1 Å². The van der Waals surface area contributed by atoms with E-state index in [0.29, 0.717) is 46.8 Å². The predicted octanol–water partition coefficient (Wildman–Crippen LogP) is 3.13. The van der Waals surface area contributed by atoms with E-state index in [1.54, 1.807) is 44.4 Å². The number of hydrogen-bond donors (Lipinski definition) is 1. The molecule has 1 N–H and O–H groups in total. The van der Waals surface area contributed by atoms with Crippen molar-refractivity contribution in [2.75, 3.05) is 27.9 Å². The first kappa shape index (κ1) is 20.8. The van der Waals surface area contributed by atoms with Gasteiger partial charge in [-0.1, -0.05) is 12.1 Å². The van der Waals surface area contributed by atoms with Crippen LogP contribution in [0.2, 0.25) is 0 Å². The Morgan fingerprint density at radius 2 is 1.88 bits per heavy atom. The minimum atomic E-state index is -0.0516. The second-order valence-electron chi connectivity index (χ2n) is 8.61. The van der Waals surface area contributed by atoms with E-state index in [0.717, 1.165) is 31.6 Å². The first-order valence-electron chi connectivity index (χ1n) is 11.1. The highest BCUT2D eigenvalue weighted by Gasteiger charge is 2.40. The predicted molar refractivity (Wildman–Crippen MR) is 123 cm³/mol. The Bertz CT molecular complexity index is 1210. The molecule has 2 aliphatic rings. The van der Waals surface area contributed by atoms with Crippen LogP contribution in [-0.2, 0) is 13.0 Å². The number of aryl methyl sites for hydroxylation is 1. The van der Waals surface area contributed by atoms with Gasteiger partial charge in [-0.25, -0.2) is 4.98 Å². The Labute approximate surface area is 187 Å². The van der Waals surface area contributed by atoms with Crippen molar-refractivity contribution in [3.8, 4) is 17.2 Å². The lowest BCUT2D eigenvalue weighted by Gasteiger charge is -2.31. The summed E-state index contributed by atoms with van der Waals surface area (Å²) in [4.78, 5) is 17.6. The third-order valence-corrected chi connectivity index (χ3v) is 7.16. The van der Waals surface area contributed by atoms with E-state index < -0.39 is 0 Å². The first-order chi connectivity index (χ1) is 15.6. The minimum absolute atomic E-state index is 0.0516. The summed E-state index contributed by atoms with van der Waals surface area (Å²) in [5.41, 5.74) is 3.34. The zero-order chi connectivity index (χ0) is 22.2. The standard InChI is InChI=1S/C25H29N3O4/c1-30-22-6-4-5-15-17(22)8-7-16-19(15)13-26-20(16)9-10-28-14-27-21-12-24(32-3)23(31-2)11-18(21)25(28)29/h4-6,11-12,14,16,19-20,26H,7-10,13H2,1-3H3/t16-,19+,20?/m1/s1. The van der Waals surface area contributed by atoms with Crippen molar-refractivity contribution in [1.29, 1.82) is 0 Å². The molecule has 7 heteroatoms. The molecule has 1 fully saturated rings. The van der Waals surface area contributed by atoms with Gasteiger partial charge >= 0.3 is 0 Å². The van der Waals surface area contributed by atoms with E-state index in [-0.39, 0.29) is 5.56 Å². The molecule has 168 valence electrons. The Balaban J connectivity index is 1.35. The molecule has 1 saturated heterocycles. The number of aromatic nitrogens is 2. The molecule has 2 heterocycles. The van der Waals surface area contributed by atoms with Crippen LogP contribution < -0.4 is 25.1 Å². The van der Waals surface area contributed by atoms with Crippen molar-refractivity contribution in [1.82, 2.24) is 14.9 Å². The molecular formula is C25H29N3O4. The van der Waals surface area contributed by atoms with Crippen LogP contribution in [0.5, 0.6) is 17.2 Å². The molecule has 1 aromatic heterocycles. The van der Waals surface area contributed by atoms with Crippen LogP contribution in [0.1, 0.15) is 29.9 Å². The third-order valence-electron chi connectivity index (χ3n) is 7.16. The van der Waals surface area contributed by atoms with Gasteiger partial charge in [0.2, 0.25) is 0 Å². The molecule has 0 bridgehead atoms. The van der Waals surface area contributed by atoms with Gasteiger partial charge in [0.15, 0.2) is 11.5 Å². The quantitative estimate of drug-likeness (QED) is 0.641. The smallest absolute Gasteiger partial charge is 0.261 e. The molecule has 5 rings (SSSR count). The van der Waals surface area contributed by atoms with E-state index >= 15 is 0 Å². The fourth-order valence-electron chi connectivity index (χ4n) is 5.54. The van der Waals surface area contributed by atoms with Gasteiger partial charge in [-0.15, -0.1) is 0 Å². The van der Waals surface area contributed by atoms with Crippen LogP contribution in [-0.4, -0.2) is 43.5 Å². The monoisotopic (exact) mass is 435 g/mol. The van der Waals surface area contributed by atoms with Crippen molar-refractivity contribution < 1.29 is 14.2 Å². The second-order valence-corrected chi connectivity index (χ2v) is 8.61. The van der Waals surface area contributed by atoms with Crippen molar-refractivity contribution in [2.24, 2.45) is 5.92 Å². The normalized spacial score (nSPS) is 21.8. The number of nitrogens with zero attached hydrogens (tertiary/aromatic N) is 2. The summed E-state index contributed by atoms with van der Waals surface area (Å²) in [5.74, 6) is 3.18. The fraction of sp³-hybridized carbons (Fsp3) is 0.440. The summed E-state index contributed by atoms with van der Waals surface area (Å²) < 4.78 is 18.0. The topological polar surface area (TPSA) is 74.6 Å². The molecule has 1 aliphatic heterocycles. The van der Waals surface area contributed by atoms with Crippen LogP contribution >= 0.6 is 0 Å². The average molecular weight is 436 g/mol. The lowest BCUT2D eigenvalue weighted by atomic mass is 9.74. The Morgan fingerprint density at radius 3 is 2.66 bits per heavy atom. The van der Waals surface area contributed by atoms with Gasteiger partial charge in [0.1, 0.15) is 5.75 Å². The van der Waals surface area contributed by atoms with Crippen molar-refractivity contribution in [3.63, 3.8) is 0 Å². The zero-order valence-corrected chi connectivity index (χ0v) is 18.8. The first-order valence-corrected chi connectivity index (χ1v) is 11.1. The molecule has 0 radical (unpaired) electrons. The summed E-state index contributed by atoms with van der Waals surface area (Å²) in [6, 6.07) is 10.2. The largest absolute Gasteiger partial charge is 0.496 e. The summed E-state index contributed by atoms with van der Waals surface area (Å²) in [6.07, 6.45) is 4.71. The van der Waals surface area contributed by atoms with E-state index in [1.807, 2.05) is 0 Å². The van der Waals surface area contributed by atoms with E-state index in [4.69, 9.17) is 14.2 Å². The number of hydrogen-bond acceptors (Lipinski definition) is 6. The SMILES string of the molecule is COc1cc2ncn(CCC3NC[C@H]4c5cccc(OC)c5CC[C@@H]34)c(=O)c2cc1OC. The third kappa shape index (κ3) is 3.41. The van der Waals surface area contributed by atoms with Gasteiger partial charge in [0, 0.05) is 31.1 Å². The molecule has 0 saturated carbocycles. The van der Waals surface area contributed by atoms with Gasteiger partial charge in [-0.2, -0.15) is 0 Å². The van der Waals surface area contributed by atoms with Gasteiger partial charge in [-0.05, 0) is 48.4 Å². The highest BCUT2D eigenvalue weighted by molar-refractivity contribution is 5.81.